The summed E-state index contributed by atoms with van der Waals surface area (Å²) in [4.78, 5) is 39.0. The molecule has 7 nitrogen and oxygen atoms in total. The first-order valence-corrected chi connectivity index (χ1v) is 11.2. The van der Waals surface area contributed by atoms with Crippen LogP contribution in [0.25, 0.3) is 6.08 Å². The van der Waals surface area contributed by atoms with E-state index in [9.17, 15) is 14.4 Å². The maximum Gasteiger partial charge on any atom is 0.335 e. The summed E-state index contributed by atoms with van der Waals surface area (Å²) in [6, 6.07) is 17.1. The highest BCUT2D eigenvalue weighted by Crippen LogP contribution is 2.38. The van der Waals surface area contributed by atoms with E-state index in [2.05, 4.69) is 5.32 Å². The lowest BCUT2D eigenvalue weighted by atomic mass is 10.1. The quantitative estimate of drug-likeness (QED) is 0.378. The van der Waals surface area contributed by atoms with Crippen molar-refractivity contribution in [3.63, 3.8) is 0 Å². The van der Waals surface area contributed by atoms with Gasteiger partial charge in [-0.15, -0.1) is 0 Å². The molecule has 3 aromatic carbocycles. The highest BCUT2D eigenvalue weighted by Gasteiger charge is 2.36. The van der Waals surface area contributed by atoms with Crippen LogP contribution in [0.5, 0.6) is 11.5 Å². The number of ether oxygens (including phenoxy) is 2. The molecule has 1 heterocycles. The maximum atomic E-state index is 13.1. The van der Waals surface area contributed by atoms with E-state index in [1.165, 1.54) is 13.2 Å². The molecule has 0 atom stereocenters. The summed E-state index contributed by atoms with van der Waals surface area (Å²) >= 11 is 6.48. The Bertz CT molecular complexity index is 1370. The number of carbonyl (C=O) groups is 3. The Kier molecular flexibility index (Phi) is 6.89. The number of hydrogen-bond donors (Lipinski definition) is 1. The second kappa shape index (κ2) is 10.0. The molecule has 0 bridgehead atoms. The number of carbonyl (C=O) groups excluding carboxylic acids is 3. The van der Waals surface area contributed by atoms with Gasteiger partial charge in [-0.1, -0.05) is 53.6 Å². The topological polar surface area (TPSA) is 84.9 Å². The summed E-state index contributed by atoms with van der Waals surface area (Å²) in [6.07, 6.45) is 1.37. The number of aryl methyl sites for hydroxylation is 2. The number of imide groups is 2. The number of urea groups is 1. The van der Waals surface area contributed by atoms with E-state index < -0.39 is 17.8 Å². The molecular formula is C27H23ClN2O5. The molecule has 8 heteroatoms. The van der Waals surface area contributed by atoms with E-state index >= 15 is 0 Å². The van der Waals surface area contributed by atoms with Crippen LogP contribution in [0.3, 0.4) is 0 Å². The third-order valence-electron chi connectivity index (χ3n) is 5.39. The average molecular weight is 491 g/mol. The molecule has 1 N–H and O–H groups in total. The summed E-state index contributed by atoms with van der Waals surface area (Å²) in [5.74, 6) is -0.848. The summed E-state index contributed by atoms with van der Waals surface area (Å²) in [5, 5.41) is 2.46. The first kappa shape index (κ1) is 24.0. The largest absolute Gasteiger partial charge is 0.493 e. The van der Waals surface area contributed by atoms with Crippen molar-refractivity contribution in [1.82, 2.24) is 5.32 Å². The molecule has 0 spiro atoms. The number of nitrogens with one attached hydrogen (secondary N) is 1. The SMILES string of the molecule is COc1cc(/C=C2\C(=O)NC(=O)N(c3cccc(C)c3)C2=O)cc(Cl)c1OCc1cccc(C)c1. The zero-order valence-corrected chi connectivity index (χ0v) is 20.2. The van der Waals surface area contributed by atoms with Gasteiger partial charge < -0.3 is 9.47 Å². The second-order valence-electron chi connectivity index (χ2n) is 8.11. The van der Waals surface area contributed by atoms with E-state index in [0.717, 1.165) is 21.6 Å². The Morgan fingerprint density at radius 2 is 1.69 bits per heavy atom. The van der Waals surface area contributed by atoms with Gasteiger partial charge in [0.2, 0.25) is 0 Å². The summed E-state index contributed by atoms with van der Waals surface area (Å²) < 4.78 is 11.4. The maximum absolute atomic E-state index is 13.1. The lowest BCUT2D eigenvalue weighted by Crippen LogP contribution is -2.54. The number of anilines is 1. The summed E-state index contributed by atoms with van der Waals surface area (Å²) in [5.41, 5.74) is 3.54. The van der Waals surface area contributed by atoms with Crippen molar-refractivity contribution in [2.45, 2.75) is 20.5 Å². The average Bonchev–Trinajstić information content (AvgIpc) is 2.80. The molecule has 1 saturated heterocycles. The Hall–Kier alpha value is -4.10. The lowest BCUT2D eigenvalue weighted by Gasteiger charge is -2.26. The molecule has 0 unspecified atom stereocenters. The van der Waals surface area contributed by atoms with Crippen LogP contribution < -0.4 is 19.7 Å². The van der Waals surface area contributed by atoms with E-state index in [4.69, 9.17) is 21.1 Å². The van der Waals surface area contributed by atoms with Crippen LogP contribution in [0.1, 0.15) is 22.3 Å². The normalized spacial score (nSPS) is 14.8. The standard InChI is InChI=1S/C27H23ClN2O5/c1-16-6-4-8-18(10-16)15-35-24-22(28)13-19(14-23(24)34-3)12-21-25(31)29-27(33)30(26(21)32)20-9-5-7-17(2)11-20/h4-14H,15H2,1-3H3,(H,29,31,33)/b21-12+. The predicted octanol–water partition coefficient (Wildman–Crippen LogP) is 5.21. The van der Waals surface area contributed by atoms with Gasteiger partial charge >= 0.3 is 6.03 Å². The molecule has 0 saturated carbocycles. The first-order valence-electron chi connectivity index (χ1n) is 10.8. The van der Waals surface area contributed by atoms with Crippen LogP contribution in [0, 0.1) is 13.8 Å². The molecule has 4 amide bonds. The molecule has 4 rings (SSSR count). The summed E-state index contributed by atoms with van der Waals surface area (Å²) in [7, 11) is 1.47. The minimum Gasteiger partial charge on any atom is -0.493 e. The minimum atomic E-state index is -0.807. The number of halogens is 1. The van der Waals surface area contributed by atoms with Crippen LogP contribution in [0.15, 0.2) is 66.2 Å². The molecule has 0 radical (unpaired) electrons. The number of rotatable bonds is 6. The van der Waals surface area contributed by atoms with Crippen LogP contribution in [-0.4, -0.2) is 25.0 Å². The lowest BCUT2D eigenvalue weighted by molar-refractivity contribution is -0.122. The fourth-order valence-corrected chi connectivity index (χ4v) is 4.02. The highest BCUT2D eigenvalue weighted by atomic mass is 35.5. The van der Waals surface area contributed by atoms with Crippen molar-refractivity contribution in [2.24, 2.45) is 0 Å². The van der Waals surface area contributed by atoms with E-state index in [1.807, 2.05) is 44.2 Å². The van der Waals surface area contributed by atoms with Crippen molar-refractivity contribution in [1.29, 1.82) is 0 Å². The molecule has 0 aromatic heterocycles. The Labute approximate surface area is 207 Å². The second-order valence-corrected chi connectivity index (χ2v) is 8.52. The zero-order valence-electron chi connectivity index (χ0n) is 19.4. The molecule has 1 fully saturated rings. The van der Waals surface area contributed by atoms with Gasteiger partial charge in [-0.25, -0.2) is 9.69 Å². The molecular weight excluding hydrogens is 468 g/mol. The molecule has 1 aliphatic rings. The van der Waals surface area contributed by atoms with E-state index in [0.29, 0.717) is 22.7 Å². The van der Waals surface area contributed by atoms with Gasteiger partial charge in [0.1, 0.15) is 12.2 Å². The number of benzene rings is 3. The molecule has 3 aromatic rings. The van der Waals surface area contributed by atoms with Crippen molar-refractivity contribution in [2.75, 3.05) is 12.0 Å². The van der Waals surface area contributed by atoms with Crippen LogP contribution in [-0.2, 0) is 16.2 Å². The Morgan fingerprint density at radius 1 is 0.971 bits per heavy atom. The molecule has 0 aliphatic carbocycles. The van der Waals surface area contributed by atoms with Crippen molar-refractivity contribution >= 4 is 41.2 Å². The van der Waals surface area contributed by atoms with Gasteiger partial charge in [0.15, 0.2) is 11.5 Å². The molecule has 1 aliphatic heterocycles. The fraction of sp³-hybridized carbons (Fsp3) is 0.148. The predicted molar refractivity (Wildman–Crippen MR) is 134 cm³/mol. The zero-order chi connectivity index (χ0) is 25.1. The summed E-state index contributed by atoms with van der Waals surface area (Å²) in [6.45, 7) is 4.12. The Balaban J connectivity index is 1.64. The number of methoxy groups -OCH3 is 1. The molecule has 35 heavy (non-hydrogen) atoms. The van der Waals surface area contributed by atoms with Crippen LogP contribution in [0.2, 0.25) is 5.02 Å². The van der Waals surface area contributed by atoms with Gasteiger partial charge in [0, 0.05) is 0 Å². The number of barbiturate groups is 1. The third-order valence-corrected chi connectivity index (χ3v) is 5.67. The van der Waals surface area contributed by atoms with E-state index in [1.54, 1.807) is 30.3 Å². The van der Waals surface area contributed by atoms with E-state index in [-0.39, 0.29) is 17.2 Å². The number of nitrogens with zero attached hydrogens (tertiary/aromatic N) is 1. The first-order chi connectivity index (χ1) is 16.8. The van der Waals surface area contributed by atoms with Crippen molar-refractivity contribution in [3.8, 4) is 11.5 Å². The third kappa shape index (κ3) is 5.20. The van der Waals surface area contributed by atoms with Crippen molar-refractivity contribution < 1.29 is 23.9 Å². The van der Waals surface area contributed by atoms with Gasteiger partial charge in [-0.05, 0) is 60.9 Å². The van der Waals surface area contributed by atoms with Gasteiger partial charge in [-0.2, -0.15) is 0 Å². The number of hydrogen-bond acceptors (Lipinski definition) is 5. The monoisotopic (exact) mass is 490 g/mol. The van der Waals surface area contributed by atoms with Crippen LogP contribution in [0.4, 0.5) is 10.5 Å². The van der Waals surface area contributed by atoms with Gasteiger partial charge in [0.25, 0.3) is 11.8 Å². The fourth-order valence-electron chi connectivity index (χ4n) is 3.75. The highest BCUT2D eigenvalue weighted by molar-refractivity contribution is 6.39. The van der Waals surface area contributed by atoms with Gasteiger partial charge in [-0.3, -0.25) is 14.9 Å². The van der Waals surface area contributed by atoms with Crippen LogP contribution >= 0.6 is 11.6 Å². The molecule has 178 valence electrons. The van der Waals surface area contributed by atoms with Crippen molar-refractivity contribution in [3.05, 3.63) is 93.5 Å². The van der Waals surface area contributed by atoms with Gasteiger partial charge in [0.05, 0.1) is 17.8 Å². The Morgan fingerprint density at radius 3 is 2.37 bits per heavy atom. The minimum absolute atomic E-state index is 0.211. The number of amides is 4. The smallest absolute Gasteiger partial charge is 0.335 e.